The van der Waals surface area contributed by atoms with Gasteiger partial charge in [0, 0.05) is 11.6 Å². The van der Waals surface area contributed by atoms with Crippen LogP contribution < -0.4 is 4.74 Å². The van der Waals surface area contributed by atoms with Crippen LogP contribution in [-0.2, 0) is 0 Å². The molecule has 0 spiro atoms. The Morgan fingerprint density at radius 1 is 1.12 bits per heavy atom. The maximum atomic E-state index is 11.9. The molecule has 0 aliphatic heterocycles. The van der Waals surface area contributed by atoms with Crippen molar-refractivity contribution in [1.29, 1.82) is 0 Å². The maximum absolute atomic E-state index is 11.9. The van der Waals surface area contributed by atoms with Gasteiger partial charge in [-0.3, -0.25) is 0 Å². The number of nitrogens with zero attached hydrogens (tertiary/aromatic N) is 1. The zero-order valence-corrected chi connectivity index (χ0v) is 8.51. The average molecular weight is 248 g/mol. The van der Waals surface area contributed by atoms with Crippen LogP contribution in [0, 0.1) is 0 Å². The first-order valence-corrected chi connectivity index (χ1v) is 4.63. The van der Waals surface area contributed by atoms with Gasteiger partial charge in [0.05, 0.1) is 0 Å². The number of benzene rings is 1. The lowest BCUT2D eigenvalue weighted by Crippen LogP contribution is -2.16. The van der Waals surface area contributed by atoms with Crippen LogP contribution in [-0.4, -0.2) is 11.3 Å². The van der Waals surface area contributed by atoms with Gasteiger partial charge in [0.15, 0.2) is 0 Å². The van der Waals surface area contributed by atoms with Crippen LogP contribution in [0.1, 0.15) is 0 Å². The predicted molar refractivity (Wildman–Crippen MR) is 53.4 cm³/mol. The van der Waals surface area contributed by atoms with Gasteiger partial charge in [0.25, 0.3) is 0 Å². The normalized spacial score (nSPS) is 11.8. The molecule has 2 rings (SSSR count). The molecule has 0 aliphatic carbocycles. The SMILES string of the molecule is FC(F)(F)Oc1ccc2cc(Cl)ncc2c1. The predicted octanol–water partition coefficient (Wildman–Crippen LogP) is 3.79. The van der Waals surface area contributed by atoms with Crippen LogP contribution >= 0.6 is 11.6 Å². The summed E-state index contributed by atoms with van der Waals surface area (Å²) in [6.07, 6.45) is -3.30. The minimum atomic E-state index is -4.69. The lowest BCUT2D eigenvalue weighted by molar-refractivity contribution is -0.274. The number of fused-ring (bicyclic) bond motifs is 1. The molecule has 0 bridgehead atoms. The maximum Gasteiger partial charge on any atom is 0.573 e. The van der Waals surface area contributed by atoms with Crippen molar-refractivity contribution in [3.05, 3.63) is 35.6 Å². The Morgan fingerprint density at radius 3 is 2.56 bits per heavy atom. The van der Waals surface area contributed by atoms with E-state index in [9.17, 15) is 13.2 Å². The van der Waals surface area contributed by atoms with Crippen molar-refractivity contribution in [1.82, 2.24) is 4.98 Å². The zero-order chi connectivity index (χ0) is 11.8. The Labute approximate surface area is 93.6 Å². The van der Waals surface area contributed by atoms with E-state index in [4.69, 9.17) is 11.6 Å². The molecule has 0 amide bonds. The van der Waals surface area contributed by atoms with E-state index in [2.05, 4.69) is 9.72 Å². The van der Waals surface area contributed by atoms with E-state index in [0.29, 0.717) is 10.8 Å². The highest BCUT2D eigenvalue weighted by Gasteiger charge is 2.31. The first kappa shape index (κ1) is 11.0. The third kappa shape index (κ3) is 2.55. The van der Waals surface area contributed by atoms with Crippen LogP contribution in [0.25, 0.3) is 10.8 Å². The molecule has 0 radical (unpaired) electrons. The summed E-state index contributed by atoms with van der Waals surface area (Å²) < 4.78 is 39.6. The minimum absolute atomic E-state index is 0.274. The van der Waals surface area contributed by atoms with Crippen molar-refractivity contribution >= 4 is 22.4 Å². The fourth-order valence-corrected chi connectivity index (χ4v) is 1.46. The van der Waals surface area contributed by atoms with Crippen molar-refractivity contribution in [2.75, 3.05) is 0 Å². The van der Waals surface area contributed by atoms with Gasteiger partial charge in [-0.15, -0.1) is 13.2 Å². The van der Waals surface area contributed by atoms with Gasteiger partial charge in [-0.25, -0.2) is 4.98 Å². The van der Waals surface area contributed by atoms with E-state index in [1.807, 2.05) is 0 Å². The van der Waals surface area contributed by atoms with E-state index in [1.54, 1.807) is 6.07 Å². The Morgan fingerprint density at radius 2 is 1.88 bits per heavy atom. The molecule has 1 aromatic heterocycles. The molecule has 2 nitrogen and oxygen atoms in total. The minimum Gasteiger partial charge on any atom is -0.406 e. The topological polar surface area (TPSA) is 22.1 Å². The standard InChI is InChI=1S/C10H5ClF3NO/c11-9-4-6-1-2-8(16-10(12,13)14)3-7(6)5-15-9/h1-5H. The lowest BCUT2D eigenvalue weighted by atomic mass is 10.2. The highest BCUT2D eigenvalue weighted by molar-refractivity contribution is 6.30. The van der Waals surface area contributed by atoms with E-state index in [0.717, 1.165) is 0 Å². The van der Waals surface area contributed by atoms with E-state index in [1.165, 1.54) is 24.4 Å². The molecular weight excluding hydrogens is 243 g/mol. The third-order valence-corrected chi connectivity index (χ3v) is 2.10. The summed E-state index contributed by atoms with van der Waals surface area (Å²) in [4.78, 5) is 3.77. The van der Waals surface area contributed by atoms with Gasteiger partial charge in [-0.05, 0) is 23.6 Å². The first-order chi connectivity index (χ1) is 7.44. The molecule has 0 aliphatic rings. The summed E-state index contributed by atoms with van der Waals surface area (Å²) in [6.45, 7) is 0. The smallest absolute Gasteiger partial charge is 0.406 e. The molecular formula is C10H5ClF3NO. The molecule has 84 valence electrons. The first-order valence-electron chi connectivity index (χ1n) is 4.25. The monoisotopic (exact) mass is 247 g/mol. The second kappa shape index (κ2) is 3.83. The van der Waals surface area contributed by atoms with E-state index >= 15 is 0 Å². The molecule has 0 unspecified atom stereocenters. The van der Waals surface area contributed by atoms with Crippen LogP contribution in [0.15, 0.2) is 30.5 Å². The number of hydrogen-bond acceptors (Lipinski definition) is 2. The number of aromatic nitrogens is 1. The van der Waals surface area contributed by atoms with Crippen molar-refractivity contribution in [2.24, 2.45) is 0 Å². The van der Waals surface area contributed by atoms with Crippen LogP contribution in [0.2, 0.25) is 5.15 Å². The van der Waals surface area contributed by atoms with E-state index < -0.39 is 6.36 Å². The Hall–Kier alpha value is -1.49. The van der Waals surface area contributed by atoms with Gasteiger partial charge in [-0.2, -0.15) is 0 Å². The Bertz CT molecular complexity index is 527. The summed E-state index contributed by atoms with van der Waals surface area (Å²) in [5.74, 6) is -0.274. The summed E-state index contributed by atoms with van der Waals surface area (Å²) in [5, 5.41) is 1.53. The third-order valence-electron chi connectivity index (χ3n) is 1.89. The van der Waals surface area contributed by atoms with Gasteiger partial charge in [0.1, 0.15) is 10.9 Å². The molecule has 2 aromatic rings. The summed E-state index contributed by atoms with van der Waals surface area (Å²) in [5.41, 5.74) is 0. The number of rotatable bonds is 1. The molecule has 1 aromatic carbocycles. The average Bonchev–Trinajstić information content (AvgIpc) is 2.16. The quantitative estimate of drug-likeness (QED) is 0.716. The van der Waals surface area contributed by atoms with Gasteiger partial charge < -0.3 is 4.74 Å². The zero-order valence-electron chi connectivity index (χ0n) is 7.75. The van der Waals surface area contributed by atoms with Crippen LogP contribution in [0.3, 0.4) is 0 Å². The lowest BCUT2D eigenvalue weighted by Gasteiger charge is -2.09. The molecule has 0 saturated heterocycles. The fourth-order valence-electron chi connectivity index (χ4n) is 1.29. The van der Waals surface area contributed by atoms with Gasteiger partial charge >= 0.3 is 6.36 Å². The van der Waals surface area contributed by atoms with Crippen molar-refractivity contribution in [2.45, 2.75) is 6.36 Å². The summed E-state index contributed by atoms with van der Waals surface area (Å²) in [6, 6.07) is 5.54. The number of pyridine rings is 1. The van der Waals surface area contributed by atoms with Crippen LogP contribution in [0.5, 0.6) is 5.75 Å². The van der Waals surface area contributed by atoms with Gasteiger partial charge in [-0.1, -0.05) is 17.7 Å². The van der Waals surface area contributed by atoms with Crippen molar-refractivity contribution in [3.63, 3.8) is 0 Å². The molecule has 16 heavy (non-hydrogen) atoms. The number of ether oxygens (including phenoxy) is 1. The number of halogens is 4. The molecule has 0 fully saturated rings. The molecule has 0 saturated carbocycles. The second-order valence-electron chi connectivity index (χ2n) is 3.06. The molecule has 6 heteroatoms. The highest BCUT2D eigenvalue weighted by atomic mass is 35.5. The van der Waals surface area contributed by atoms with Crippen molar-refractivity contribution in [3.8, 4) is 5.75 Å². The highest BCUT2D eigenvalue weighted by Crippen LogP contribution is 2.26. The molecule has 0 N–H and O–H groups in total. The van der Waals surface area contributed by atoms with Crippen LogP contribution in [0.4, 0.5) is 13.2 Å². The number of alkyl halides is 3. The summed E-state index contributed by atoms with van der Waals surface area (Å²) >= 11 is 5.64. The van der Waals surface area contributed by atoms with Gasteiger partial charge in [0.2, 0.25) is 0 Å². The largest absolute Gasteiger partial charge is 0.573 e. The fraction of sp³-hybridized carbons (Fsp3) is 0.100. The number of hydrogen-bond donors (Lipinski definition) is 0. The molecule has 0 atom stereocenters. The Balaban J connectivity index is 2.41. The molecule has 1 heterocycles. The summed E-state index contributed by atoms with van der Waals surface area (Å²) in [7, 11) is 0. The van der Waals surface area contributed by atoms with E-state index in [-0.39, 0.29) is 10.9 Å². The Kier molecular flexibility index (Phi) is 2.63. The van der Waals surface area contributed by atoms with Crippen molar-refractivity contribution < 1.29 is 17.9 Å². The second-order valence-corrected chi connectivity index (χ2v) is 3.45.